The van der Waals surface area contributed by atoms with Crippen LogP contribution in [0.15, 0.2) is 0 Å². The fraction of sp³-hybridized carbons (Fsp3) is 1.00. The molecular weight excluding hydrogens is 138 g/mol. The van der Waals surface area contributed by atoms with Crippen molar-refractivity contribution in [3.63, 3.8) is 0 Å². The number of hydrogen-bond donors (Lipinski definition) is 0. The van der Waals surface area contributed by atoms with Crippen molar-refractivity contribution in [2.45, 2.75) is 26.4 Å². The van der Waals surface area contributed by atoms with Gasteiger partial charge in [0.1, 0.15) is 0 Å². The number of likely N-dealkylation sites (tertiary alicyclic amines) is 1. The Morgan fingerprint density at radius 3 is 2.27 bits per heavy atom. The summed E-state index contributed by atoms with van der Waals surface area (Å²) in [5.41, 5.74) is 0.0359. The summed E-state index contributed by atoms with van der Waals surface area (Å²) in [5.74, 6) is 0.777. The molecule has 0 amide bonds. The van der Waals surface area contributed by atoms with Crippen LogP contribution in [0, 0.1) is 5.92 Å². The van der Waals surface area contributed by atoms with Gasteiger partial charge in [0.25, 0.3) is 0 Å². The molecule has 0 aromatic carbocycles. The third kappa shape index (κ3) is 3.21. The van der Waals surface area contributed by atoms with E-state index in [0.717, 1.165) is 12.5 Å². The molecule has 0 N–H and O–H groups in total. The summed E-state index contributed by atoms with van der Waals surface area (Å²) < 4.78 is 5.65. The second kappa shape index (κ2) is 3.11. The average Bonchev–Trinajstić information content (AvgIpc) is 1.75. The van der Waals surface area contributed by atoms with Gasteiger partial charge in [-0.05, 0) is 27.8 Å². The van der Waals surface area contributed by atoms with E-state index in [2.05, 4.69) is 32.7 Å². The third-order valence-electron chi connectivity index (χ3n) is 1.89. The molecule has 0 atom stereocenters. The number of ether oxygens (including phenoxy) is 1. The second-order valence-electron chi connectivity index (χ2n) is 4.51. The molecule has 0 aliphatic carbocycles. The van der Waals surface area contributed by atoms with Gasteiger partial charge in [-0.25, -0.2) is 0 Å². The van der Waals surface area contributed by atoms with Crippen molar-refractivity contribution in [3.8, 4) is 0 Å². The fourth-order valence-corrected chi connectivity index (χ4v) is 1.30. The first-order valence-electron chi connectivity index (χ1n) is 4.30. The molecule has 1 fully saturated rings. The molecule has 0 radical (unpaired) electrons. The summed E-state index contributed by atoms with van der Waals surface area (Å²) in [6.45, 7) is 9.65. The summed E-state index contributed by atoms with van der Waals surface area (Å²) in [4.78, 5) is 2.32. The minimum atomic E-state index is 0.0359. The highest BCUT2D eigenvalue weighted by atomic mass is 16.5. The molecule has 1 rings (SSSR count). The predicted octanol–water partition coefficient (Wildman–Crippen LogP) is 1.36. The normalized spacial score (nSPS) is 21.8. The third-order valence-corrected chi connectivity index (χ3v) is 1.89. The molecule has 66 valence electrons. The zero-order valence-corrected chi connectivity index (χ0v) is 8.05. The van der Waals surface area contributed by atoms with E-state index in [1.165, 1.54) is 13.1 Å². The van der Waals surface area contributed by atoms with E-state index < -0.39 is 0 Å². The summed E-state index contributed by atoms with van der Waals surface area (Å²) in [7, 11) is 2.15. The smallest absolute Gasteiger partial charge is 0.0598 e. The van der Waals surface area contributed by atoms with Crippen molar-refractivity contribution in [1.29, 1.82) is 0 Å². The van der Waals surface area contributed by atoms with Crippen LogP contribution in [0.1, 0.15) is 20.8 Å². The Morgan fingerprint density at radius 1 is 1.36 bits per heavy atom. The molecule has 1 heterocycles. The zero-order chi connectivity index (χ0) is 8.48. The van der Waals surface area contributed by atoms with E-state index in [0.29, 0.717) is 0 Å². The van der Waals surface area contributed by atoms with Crippen LogP contribution in [-0.4, -0.2) is 37.2 Å². The first-order chi connectivity index (χ1) is 4.97. The quantitative estimate of drug-likeness (QED) is 0.600. The lowest BCUT2D eigenvalue weighted by Gasteiger charge is -2.37. The Kier molecular flexibility index (Phi) is 2.55. The molecule has 1 aliphatic heterocycles. The monoisotopic (exact) mass is 157 g/mol. The van der Waals surface area contributed by atoms with Crippen LogP contribution in [0.2, 0.25) is 0 Å². The van der Waals surface area contributed by atoms with Gasteiger partial charge in [0.15, 0.2) is 0 Å². The van der Waals surface area contributed by atoms with Gasteiger partial charge in [0.2, 0.25) is 0 Å². The van der Waals surface area contributed by atoms with Crippen molar-refractivity contribution in [3.05, 3.63) is 0 Å². The summed E-state index contributed by atoms with van der Waals surface area (Å²) >= 11 is 0. The molecule has 0 bridgehead atoms. The van der Waals surface area contributed by atoms with E-state index in [1.807, 2.05) is 0 Å². The van der Waals surface area contributed by atoms with E-state index >= 15 is 0 Å². The first-order valence-corrected chi connectivity index (χ1v) is 4.30. The van der Waals surface area contributed by atoms with E-state index in [-0.39, 0.29) is 5.60 Å². The van der Waals surface area contributed by atoms with Gasteiger partial charge < -0.3 is 9.64 Å². The van der Waals surface area contributed by atoms with Gasteiger partial charge in [-0.2, -0.15) is 0 Å². The Bertz CT molecular complexity index is 122. The van der Waals surface area contributed by atoms with Crippen molar-refractivity contribution in [2.24, 2.45) is 5.92 Å². The molecule has 0 unspecified atom stereocenters. The Labute approximate surface area is 69.5 Å². The summed E-state index contributed by atoms with van der Waals surface area (Å²) in [6.07, 6.45) is 0. The van der Waals surface area contributed by atoms with Crippen LogP contribution in [0.3, 0.4) is 0 Å². The van der Waals surface area contributed by atoms with Crippen molar-refractivity contribution >= 4 is 0 Å². The molecule has 0 spiro atoms. The van der Waals surface area contributed by atoms with Crippen molar-refractivity contribution in [1.82, 2.24) is 4.90 Å². The lowest BCUT2D eigenvalue weighted by Crippen LogP contribution is -2.46. The van der Waals surface area contributed by atoms with Gasteiger partial charge in [0.05, 0.1) is 12.2 Å². The highest BCUT2D eigenvalue weighted by molar-refractivity contribution is 4.77. The Balaban J connectivity index is 2.05. The van der Waals surface area contributed by atoms with Gasteiger partial charge in [-0.1, -0.05) is 0 Å². The molecule has 2 heteroatoms. The summed E-state index contributed by atoms with van der Waals surface area (Å²) in [6, 6.07) is 0. The predicted molar refractivity (Wildman–Crippen MR) is 46.7 cm³/mol. The number of hydrogen-bond acceptors (Lipinski definition) is 2. The Hall–Kier alpha value is -0.0800. The molecule has 1 saturated heterocycles. The van der Waals surface area contributed by atoms with Gasteiger partial charge >= 0.3 is 0 Å². The van der Waals surface area contributed by atoms with Crippen LogP contribution in [-0.2, 0) is 4.74 Å². The zero-order valence-electron chi connectivity index (χ0n) is 8.05. The molecular formula is C9H19NO. The molecule has 0 aromatic rings. The molecule has 1 aliphatic rings. The van der Waals surface area contributed by atoms with Gasteiger partial charge in [-0.15, -0.1) is 0 Å². The topological polar surface area (TPSA) is 12.5 Å². The maximum atomic E-state index is 5.65. The maximum Gasteiger partial charge on any atom is 0.0598 e. The summed E-state index contributed by atoms with van der Waals surface area (Å²) in [5, 5.41) is 0. The van der Waals surface area contributed by atoms with Gasteiger partial charge in [-0.3, -0.25) is 0 Å². The van der Waals surface area contributed by atoms with Crippen LogP contribution < -0.4 is 0 Å². The minimum absolute atomic E-state index is 0.0359. The van der Waals surface area contributed by atoms with Crippen molar-refractivity contribution in [2.75, 3.05) is 26.7 Å². The largest absolute Gasteiger partial charge is 0.375 e. The average molecular weight is 157 g/mol. The molecule has 11 heavy (non-hydrogen) atoms. The van der Waals surface area contributed by atoms with Crippen LogP contribution >= 0.6 is 0 Å². The fourth-order valence-electron chi connectivity index (χ4n) is 1.30. The number of nitrogens with zero attached hydrogens (tertiary/aromatic N) is 1. The van der Waals surface area contributed by atoms with Crippen LogP contribution in [0.4, 0.5) is 0 Å². The van der Waals surface area contributed by atoms with Crippen LogP contribution in [0.25, 0.3) is 0 Å². The van der Waals surface area contributed by atoms with Gasteiger partial charge in [0, 0.05) is 19.0 Å². The van der Waals surface area contributed by atoms with E-state index in [1.54, 1.807) is 0 Å². The SMILES string of the molecule is CN1CC(COC(C)(C)C)C1. The standard InChI is InChI=1S/C9H19NO/c1-9(2,3)11-7-8-5-10(4)6-8/h8H,5-7H2,1-4H3. The van der Waals surface area contributed by atoms with E-state index in [4.69, 9.17) is 4.74 Å². The van der Waals surface area contributed by atoms with E-state index in [9.17, 15) is 0 Å². The molecule has 2 nitrogen and oxygen atoms in total. The minimum Gasteiger partial charge on any atom is -0.375 e. The maximum absolute atomic E-state index is 5.65. The molecule has 0 aromatic heterocycles. The number of rotatable bonds is 2. The molecule has 0 saturated carbocycles. The Morgan fingerprint density at radius 2 is 1.91 bits per heavy atom. The second-order valence-corrected chi connectivity index (χ2v) is 4.51. The lowest BCUT2D eigenvalue weighted by atomic mass is 10.0. The highest BCUT2D eigenvalue weighted by Crippen LogP contribution is 2.16. The first kappa shape index (κ1) is 9.01. The van der Waals surface area contributed by atoms with Crippen molar-refractivity contribution < 1.29 is 4.74 Å². The highest BCUT2D eigenvalue weighted by Gasteiger charge is 2.24. The lowest BCUT2D eigenvalue weighted by molar-refractivity contribution is -0.0511. The van der Waals surface area contributed by atoms with Crippen LogP contribution in [0.5, 0.6) is 0 Å².